The molecule has 1 heterocycles. The standard InChI is InChI=1S/C6H7Br2N3O2/c1-4-9-5(8)6(11(12)13)10(4)3-2-7/h2-3H2,1H3. The molecule has 1 aromatic rings. The summed E-state index contributed by atoms with van der Waals surface area (Å²) >= 11 is 6.28. The van der Waals surface area contributed by atoms with Gasteiger partial charge in [0.2, 0.25) is 4.60 Å². The van der Waals surface area contributed by atoms with Crippen LogP contribution in [-0.4, -0.2) is 19.8 Å². The Kier molecular flexibility index (Phi) is 3.43. The summed E-state index contributed by atoms with van der Waals surface area (Å²) in [7, 11) is 0. The molecule has 0 radical (unpaired) electrons. The fourth-order valence-electron chi connectivity index (χ4n) is 1.04. The van der Waals surface area contributed by atoms with Gasteiger partial charge in [0.1, 0.15) is 6.54 Å². The molecule has 0 aliphatic heterocycles. The van der Waals surface area contributed by atoms with Crippen molar-refractivity contribution in [2.45, 2.75) is 13.5 Å². The summed E-state index contributed by atoms with van der Waals surface area (Å²) in [6.45, 7) is 2.28. The van der Waals surface area contributed by atoms with Crippen LogP contribution in [0.5, 0.6) is 0 Å². The van der Waals surface area contributed by atoms with Crippen LogP contribution in [0.15, 0.2) is 4.60 Å². The number of hydrogen-bond acceptors (Lipinski definition) is 3. The van der Waals surface area contributed by atoms with Crippen molar-refractivity contribution in [2.75, 3.05) is 5.33 Å². The highest BCUT2D eigenvalue weighted by Gasteiger charge is 2.22. The maximum absolute atomic E-state index is 10.6. The summed E-state index contributed by atoms with van der Waals surface area (Å²) in [6, 6.07) is 0. The molecule has 0 bridgehead atoms. The predicted octanol–water partition coefficient (Wildman–Crippen LogP) is 2.26. The maximum atomic E-state index is 10.6. The van der Waals surface area contributed by atoms with Crippen LogP contribution in [0.2, 0.25) is 0 Å². The van der Waals surface area contributed by atoms with Crippen LogP contribution in [-0.2, 0) is 6.54 Å². The third kappa shape index (κ3) is 2.08. The van der Waals surface area contributed by atoms with Crippen molar-refractivity contribution < 1.29 is 4.92 Å². The lowest BCUT2D eigenvalue weighted by Crippen LogP contribution is -2.05. The molecule has 0 aliphatic carbocycles. The number of rotatable bonds is 3. The van der Waals surface area contributed by atoms with Gasteiger partial charge < -0.3 is 10.1 Å². The fraction of sp³-hybridized carbons (Fsp3) is 0.500. The lowest BCUT2D eigenvalue weighted by atomic mass is 10.6. The Morgan fingerprint density at radius 2 is 2.31 bits per heavy atom. The minimum absolute atomic E-state index is 0.0111. The topological polar surface area (TPSA) is 61.0 Å². The van der Waals surface area contributed by atoms with Gasteiger partial charge in [-0.1, -0.05) is 15.9 Å². The van der Waals surface area contributed by atoms with E-state index in [1.54, 1.807) is 11.5 Å². The minimum atomic E-state index is -0.438. The van der Waals surface area contributed by atoms with Crippen molar-refractivity contribution in [3.05, 3.63) is 20.5 Å². The first-order valence-electron chi connectivity index (χ1n) is 3.51. The van der Waals surface area contributed by atoms with Crippen LogP contribution in [0, 0.1) is 17.0 Å². The number of alkyl halides is 1. The van der Waals surface area contributed by atoms with E-state index in [4.69, 9.17) is 0 Å². The molecule has 0 unspecified atom stereocenters. The van der Waals surface area contributed by atoms with Gasteiger partial charge in [-0.3, -0.25) is 0 Å². The number of hydrogen-bond donors (Lipinski definition) is 0. The Balaban J connectivity index is 3.20. The van der Waals surface area contributed by atoms with Crippen LogP contribution in [0.4, 0.5) is 5.82 Å². The first-order valence-corrected chi connectivity index (χ1v) is 5.42. The molecular weight excluding hydrogens is 306 g/mol. The Labute approximate surface area is 91.6 Å². The van der Waals surface area contributed by atoms with Gasteiger partial charge >= 0.3 is 5.82 Å². The molecule has 0 atom stereocenters. The van der Waals surface area contributed by atoms with Crippen LogP contribution < -0.4 is 0 Å². The largest absolute Gasteiger partial charge is 0.358 e. The molecule has 0 N–H and O–H groups in total. The molecule has 0 amide bonds. The van der Waals surface area contributed by atoms with Crippen molar-refractivity contribution in [3.63, 3.8) is 0 Å². The van der Waals surface area contributed by atoms with E-state index < -0.39 is 4.92 Å². The quantitative estimate of drug-likeness (QED) is 0.488. The van der Waals surface area contributed by atoms with Crippen molar-refractivity contribution >= 4 is 37.7 Å². The van der Waals surface area contributed by atoms with E-state index in [0.717, 1.165) is 0 Å². The Morgan fingerprint density at radius 1 is 1.69 bits per heavy atom. The average molecular weight is 313 g/mol. The molecule has 1 rings (SSSR count). The molecular formula is C6H7Br2N3O2. The smallest absolute Gasteiger partial charge is 0.357 e. The van der Waals surface area contributed by atoms with Crippen molar-refractivity contribution in [2.24, 2.45) is 0 Å². The second-order valence-electron chi connectivity index (χ2n) is 2.37. The van der Waals surface area contributed by atoms with E-state index in [2.05, 4.69) is 36.8 Å². The first-order chi connectivity index (χ1) is 6.07. The van der Waals surface area contributed by atoms with Crippen LogP contribution in [0.3, 0.4) is 0 Å². The molecule has 0 aliphatic rings. The molecule has 0 aromatic carbocycles. The summed E-state index contributed by atoms with van der Waals surface area (Å²) in [5.41, 5.74) is 0. The molecule has 0 saturated heterocycles. The summed E-state index contributed by atoms with van der Waals surface area (Å²) in [6.07, 6.45) is 0. The highest BCUT2D eigenvalue weighted by Crippen LogP contribution is 2.25. The lowest BCUT2D eigenvalue weighted by Gasteiger charge is -1.99. The van der Waals surface area contributed by atoms with Crippen LogP contribution in [0.1, 0.15) is 5.82 Å². The number of aromatic nitrogens is 2. The van der Waals surface area contributed by atoms with E-state index in [1.165, 1.54) is 0 Å². The molecule has 5 nitrogen and oxygen atoms in total. The van der Waals surface area contributed by atoms with Crippen molar-refractivity contribution in [1.29, 1.82) is 0 Å². The lowest BCUT2D eigenvalue weighted by molar-refractivity contribution is -0.393. The highest BCUT2D eigenvalue weighted by molar-refractivity contribution is 9.10. The molecule has 0 spiro atoms. The molecule has 13 heavy (non-hydrogen) atoms. The number of nitrogens with zero attached hydrogens (tertiary/aromatic N) is 3. The highest BCUT2D eigenvalue weighted by atomic mass is 79.9. The number of aryl methyl sites for hydroxylation is 1. The second-order valence-corrected chi connectivity index (χ2v) is 3.92. The Bertz CT molecular complexity index is 337. The van der Waals surface area contributed by atoms with Gasteiger partial charge in [-0.25, -0.2) is 4.57 Å². The number of halogens is 2. The van der Waals surface area contributed by atoms with Gasteiger partial charge in [-0.2, -0.15) is 4.98 Å². The zero-order valence-electron chi connectivity index (χ0n) is 6.83. The number of imidazole rings is 1. The van der Waals surface area contributed by atoms with Crippen molar-refractivity contribution in [1.82, 2.24) is 9.55 Å². The van der Waals surface area contributed by atoms with E-state index in [1.807, 2.05) is 0 Å². The monoisotopic (exact) mass is 311 g/mol. The zero-order chi connectivity index (χ0) is 10.0. The van der Waals surface area contributed by atoms with Gasteiger partial charge in [0.25, 0.3) is 0 Å². The van der Waals surface area contributed by atoms with E-state index >= 15 is 0 Å². The molecule has 1 aromatic heterocycles. The average Bonchev–Trinajstić information content (AvgIpc) is 2.27. The van der Waals surface area contributed by atoms with Gasteiger partial charge in [0, 0.05) is 12.3 Å². The summed E-state index contributed by atoms with van der Waals surface area (Å²) < 4.78 is 1.84. The summed E-state index contributed by atoms with van der Waals surface area (Å²) in [5.74, 6) is 0.648. The zero-order valence-corrected chi connectivity index (χ0v) is 10.0. The predicted molar refractivity (Wildman–Crippen MR) is 55.1 cm³/mol. The van der Waals surface area contributed by atoms with E-state index in [0.29, 0.717) is 17.7 Å². The van der Waals surface area contributed by atoms with Gasteiger partial charge in [0.15, 0.2) is 5.82 Å². The van der Waals surface area contributed by atoms with E-state index in [9.17, 15) is 10.1 Å². The molecule has 0 saturated carbocycles. The molecule has 0 fully saturated rings. The second kappa shape index (κ2) is 4.19. The van der Waals surface area contributed by atoms with Crippen molar-refractivity contribution in [3.8, 4) is 0 Å². The van der Waals surface area contributed by atoms with Gasteiger partial charge in [-0.05, 0) is 20.9 Å². The minimum Gasteiger partial charge on any atom is -0.358 e. The molecule has 7 heteroatoms. The van der Waals surface area contributed by atoms with E-state index in [-0.39, 0.29) is 10.4 Å². The van der Waals surface area contributed by atoms with Gasteiger partial charge in [-0.15, -0.1) is 0 Å². The van der Waals surface area contributed by atoms with Gasteiger partial charge in [0.05, 0.1) is 0 Å². The van der Waals surface area contributed by atoms with Crippen LogP contribution in [0.25, 0.3) is 0 Å². The third-order valence-corrected chi connectivity index (χ3v) is 2.46. The normalized spacial score (nSPS) is 10.4. The third-order valence-electron chi connectivity index (χ3n) is 1.57. The summed E-state index contributed by atoms with van der Waals surface area (Å²) in [5, 5.41) is 11.3. The SMILES string of the molecule is Cc1nc(Br)c([N+](=O)[O-])n1CCBr. The summed E-state index contributed by atoms with van der Waals surface area (Å²) in [4.78, 5) is 14.2. The van der Waals surface area contributed by atoms with Crippen LogP contribution >= 0.6 is 31.9 Å². The number of nitro groups is 1. The molecule has 72 valence electrons. The fourth-order valence-corrected chi connectivity index (χ4v) is 2.01. The maximum Gasteiger partial charge on any atom is 0.357 e. The first kappa shape index (κ1) is 10.6. The Hall–Kier alpha value is -0.430. The Morgan fingerprint density at radius 3 is 2.77 bits per heavy atom.